The minimum Gasteiger partial charge on any atom is -0.455 e. The molecule has 0 aliphatic carbocycles. The third kappa shape index (κ3) is 3.79. The van der Waals surface area contributed by atoms with Crippen molar-refractivity contribution in [3.05, 3.63) is 23.7 Å². The molecule has 0 bridgehead atoms. The van der Waals surface area contributed by atoms with Crippen molar-refractivity contribution >= 4 is 0 Å². The maximum Gasteiger partial charge on any atom is 0.330 e. The summed E-state index contributed by atoms with van der Waals surface area (Å²) in [6.07, 6.45) is -3.80. The Bertz CT molecular complexity index is 585. The van der Waals surface area contributed by atoms with Crippen LogP contribution in [0.25, 0.3) is 11.7 Å². The van der Waals surface area contributed by atoms with E-state index in [9.17, 15) is 17.6 Å². The van der Waals surface area contributed by atoms with E-state index in [4.69, 9.17) is 14.7 Å². The van der Waals surface area contributed by atoms with Crippen molar-refractivity contribution in [2.24, 2.45) is 5.73 Å². The number of hydrogen-bond acceptors (Lipinski definition) is 6. The normalized spacial score (nSPS) is 12.3. The average molecular weight is 309 g/mol. The van der Waals surface area contributed by atoms with Crippen LogP contribution in [-0.2, 0) is 17.9 Å². The van der Waals surface area contributed by atoms with Crippen molar-refractivity contribution < 1.29 is 31.2 Å². The zero-order chi connectivity index (χ0) is 15.5. The van der Waals surface area contributed by atoms with E-state index in [1.54, 1.807) is 12.1 Å². The summed E-state index contributed by atoms with van der Waals surface area (Å²) in [5.41, 5.74) is 5.36. The zero-order valence-corrected chi connectivity index (χ0v) is 10.6. The van der Waals surface area contributed by atoms with Crippen molar-refractivity contribution in [2.45, 2.75) is 25.5 Å². The zero-order valence-electron chi connectivity index (χ0n) is 10.6. The molecule has 0 saturated carbocycles. The molecule has 0 aliphatic rings. The lowest BCUT2D eigenvalue weighted by Crippen LogP contribution is -2.32. The van der Waals surface area contributed by atoms with Gasteiger partial charge in [-0.1, -0.05) is 5.16 Å². The number of nitrogens with zero attached hydrogens (tertiary/aromatic N) is 2. The Balaban J connectivity index is 1.92. The van der Waals surface area contributed by atoms with Gasteiger partial charge in [0.2, 0.25) is 0 Å². The van der Waals surface area contributed by atoms with Gasteiger partial charge in [-0.05, 0) is 12.1 Å². The molecule has 10 heteroatoms. The molecule has 0 saturated heterocycles. The van der Waals surface area contributed by atoms with Crippen LogP contribution in [0.1, 0.15) is 11.6 Å². The Morgan fingerprint density at radius 3 is 2.71 bits per heavy atom. The molecule has 6 nitrogen and oxygen atoms in total. The maximum absolute atomic E-state index is 12.6. The van der Waals surface area contributed by atoms with Crippen molar-refractivity contribution in [3.63, 3.8) is 0 Å². The fourth-order valence-corrected chi connectivity index (χ4v) is 1.36. The molecule has 0 amide bonds. The SMILES string of the molecule is NCc1ccc(-c2nc(COCC(F)(F)C(F)F)no2)o1. The second kappa shape index (κ2) is 6.22. The molecule has 0 spiro atoms. The minimum absolute atomic E-state index is 0.00826. The first-order valence-corrected chi connectivity index (χ1v) is 5.78. The molecule has 2 aromatic rings. The number of halogens is 4. The largest absolute Gasteiger partial charge is 0.455 e. The van der Waals surface area contributed by atoms with Crippen LogP contribution in [0.15, 0.2) is 21.1 Å². The Kier molecular flexibility index (Phi) is 4.58. The van der Waals surface area contributed by atoms with Gasteiger partial charge < -0.3 is 19.4 Å². The molecule has 0 aromatic carbocycles. The van der Waals surface area contributed by atoms with Crippen LogP contribution < -0.4 is 5.73 Å². The van der Waals surface area contributed by atoms with Gasteiger partial charge in [0.15, 0.2) is 11.6 Å². The molecule has 116 valence electrons. The van der Waals surface area contributed by atoms with Gasteiger partial charge in [0.1, 0.15) is 19.0 Å². The standard InChI is InChI=1S/C11H11F4N3O3/c12-10(13)11(14,15)5-19-4-8-17-9(21-18-8)7-2-1-6(3-16)20-7/h1-2,10H,3-5,16H2. The highest BCUT2D eigenvalue weighted by Crippen LogP contribution is 2.24. The maximum atomic E-state index is 12.6. The summed E-state index contributed by atoms with van der Waals surface area (Å²) in [6.45, 7) is -1.74. The van der Waals surface area contributed by atoms with Crippen molar-refractivity contribution in [2.75, 3.05) is 6.61 Å². The summed E-state index contributed by atoms with van der Waals surface area (Å²) < 4.78 is 63.5. The number of hydrogen-bond donors (Lipinski definition) is 1. The first kappa shape index (κ1) is 15.4. The number of nitrogens with two attached hydrogens (primary N) is 1. The Labute approximate surface area is 115 Å². The third-order valence-corrected chi connectivity index (χ3v) is 2.39. The van der Waals surface area contributed by atoms with E-state index in [1.807, 2.05) is 0 Å². The molecule has 0 unspecified atom stereocenters. The van der Waals surface area contributed by atoms with Crippen molar-refractivity contribution in [1.82, 2.24) is 10.1 Å². The lowest BCUT2D eigenvalue weighted by molar-refractivity contribution is -0.168. The van der Waals surface area contributed by atoms with E-state index in [0.717, 1.165) is 0 Å². The van der Waals surface area contributed by atoms with E-state index in [1.165, 1.54) is 0 Å². The Hall–Kier alpha value is -1.94. The molecule has 0 aliphatic heterocycles. The van der Waals surface area contributed by atoms with Gasteiger partial charge in [0, 0.05) is 0 Å². The first-order chi connectivity index (χ1) is 9.92. The second-order valence-electron chi connectivity index (χ2n) is 4.04. The Morgan fingerprint density at radius 2 is 2.10 bits per heavy atom. The molecule has 0 atom stereocenters. The van der Waals surface area contributed by atoms with Crippen LogP contribution in [0.4, 0.5) is 17.6 Å². The van der Waals surface area contributed by atoms with E-state index in [2.05, 4.69) is 14.9 Å². The van der Waals surface area contributed by atoms with Gasteiger partial charge in [0.05, 0.1) is 6.54 Å². The lowest BCUT2D eigenvalue weighted by atomic mass is 10.4. The summed E-state index contributed by atoms with van der Waals surface area (Å²) in [7, 11) is 0. The number of ether oxygens (including phenoxy) is 1. The fraction of sp³-hybridized carbons (Fsp3) is 0.455. The van der Waals surface area contributed by atoms with E-state index < -0.39 is 25.6 Å². The monoisotopic (exact) mass is 309 g/mol. The quantitative estimate of drug-likeness (QED) is 0.789. The van der Waals surface area contributed by atoms with Gasteiger partial charge in [-0.15, -0.1) is 0 Å². The Morgan fingerprint density at radius 1 is 1.33 bits per heavy atom. The second-order valence-corrected chi connectivity index (χ2v) is 4.04. The fourth-order valence-electron chi connectivity index (χ4n) is 1.36. The highest BCUT2D eigenvalue weighted by Gasteiger charge is 2.41. The molecular weight excluding hydrogens is 298 g/mol. The predicted octanol–water partition coefficient (Wildman–Crippen LogP) is 2.21. The highest BCUT2D eigenvalue weighted by atomic mass is 19.3. The van der Waals surface area contributed by atoms with Crippen LogP contribution in [-0.4, -0.2) is 29.1 Å². The highest BCUT2D eigenvalue weighted by molar-refractivity contribution is 5.44. The number of furan rings is 1. The number of aromatic nitrogens is 2. The molecule has 0 fully saturated rings. The van der Waals surface area contributed by atoms with Crippen LogP contribution >= 0.6 is 0 Å². The third-order valence-electron chi connectivity index (χ3n) is 2.39. The predicted molar refractivity (Wildman–Crippen MR) is 60.5 cm³/mol. The number of rotatable bonds is 7. The first-order valence-electron chi connectivity index (χ1n) is 5.78. The van der Waals surface area contributed by atoms with Crippen molar-refractivity contribution in [1.29, 1.82) is 0 Å². The van der Waals surface area contributed by atoms with Gasteiger partial charge in [-0.3, -0.25) is 0 Å². The minimum atomic E-state index is -4.22. The molecule has 2 heterocycles. The summed E-state index contributed by atoms with van der Waals surface area (Å²) >= 11 is 0. The summed E-state index contributed by atoms with van der Waals surface area (Å²) in [4.78, 5) is 3.82. The molecule has 2 N–H and O–H groups in total. The molecule has 0 radical (unpaired) electrons. The number of alkyl halides is 4. The van der Waals surface area contributed by atoms with Crippen LogP contribution in [0.2, 0.25) is 0 Å². The van der Waals surface area contributed by atoms with E-state index in [0.29, 0.717) is 5.76 Å². The summed E-state index contributed by atoms with van der Waals surface area (Å²) in [5, 5.41) is 3.46. The topological polar surface area (TPSA) is 87.3 Å². The van der Waals surface area contributed by atoms with Gasteiger partial charge in [0.25, 0.3) is 5.89 Å². The summed E-state index contributed by atoms with van der Waals surface area (Å²) in [6, 6.07) is 3.16. The van der Waals surface area contributed by atoms with Gasteiger partial charge in [-0.25, -0.2) is 8.78 Å². The molecule has 2 rings (SSSR count). The van der Waals surface area contributed by atoms with Crippen LogP contribution in [0, 0.1) is 0 Å². The van der Waals surface area contributed by atoms with E-state index in [-0.39, 0.29) is 24.0 Å². The van der Waals surface area contributed by atoms with Crippen molar-refractivity contribution in [3.8, 4) is 11.7 Å². The van der Waals surface area contributed by atoms with Gasteiger partial charge >= 0.3 is 12.3 Å². The lowest BCUT2D eigenvalue weighted by Gasteiger charge is -2.14. The molecule has 21 heavy (non-hydrogen) atoms. The molecule has 2 aromatic heterocycles. The average Bonchev–Trinajstić information content (AvgIpc) is 3.06. The van der Waals surface area contributed by atoms with Crippen LogP contribution in [0.5, 0.6) is 0 Å². The van der Waals surface area contributed by atoms with Crippen LogP contribution in [0.3, 0.4) is 0 Å². The van der Waals surface area contributed by atoms with Gasteiger partial charge in [-0.2, -0.15) is 13.8 Å². The smallest absolute Gasteiger partial charge is 0.330 e. The molecular formula is C11H11F4N3O3. The van der Waals surface area contributed by atoms with E-state index >= 15 is 0 Å². The summed E-state index contributed by atoms with van der Waals surface area (Å²) in [5.74, 6) is -3.52.